The lowest BCUT2D eigenvalue weighted by atomic mass is 9.92. The summed E-state index contributed by atoms with van der Waals surface area (Å²) in [5.74, 6) is 3.48. The molecule has 3 fully saturated rings. The molecule has 0 atom stereocenters. The summed E-state index contributed by atoms with van der Waals surface area (Å²) in [6.45, 7) is 10.5. The summed E-state index contributed by atoms with van der Waals surface area (Å²) >= 11 is 0. The molecule has 3 heterocycles. The summed E-state index contributed by atoms with van der Waals surface area (Å²) in [6, 6.07) is 1.40. The summed E-state index contributed by atoms with van der Waals surface area (Å²) < 4.78 is 5.76. The molecule has 8 heteroatoms. The summed E-state index contributed by atoms with van der Waals surface area (Å²) in [7, 11) is 1.90. The molecule has 33 heavy (non-hydrogen) atoms. The number of piperidine rings is 2. The predicted molar refractivity (Wildman–Crippen MR) is 145 cm³/mol. The van der Waals surface area contributed by atoms with Crippen molar-refractivity contribution < 1.29 is 4.42 Å². The highest BCUT2D eigenvalue weighted by Gasteiger charge is 2.27. The molecular weight excluding hydrogens is 527 g/mol. The average molecular weight is 573 g/mol. The summed E-state index contributed by atoms with van der Waals surface area (Å²) in [4.78, 5) is 14.3. The fraction of sp³-hybridized carbons (Fsp3) is 0.840. The minimum Gasteiger partial charge on any atom is -0.444 e. The van der Waals surface area contributed by atoms with Crippen molar-refractivity contribution in [3.05, 3.63) is 17.3 Å². The van der Waals surface area contributed by atoms with Crippen molar-refractivity contribution in [2.45, 2.75) is 90.3 Å². The molecule has 7 nitrogen and oxygen atoms in total. The molecule has 0 aromatic carbocycles. The van der Waals surface area contributed by atoms with E-state index in [4.69, 9.17) is 4.42 Å². The fourth-order valence-corrected chi connectivity index (χ4v) is 5.63. The van der Waals surface area contributed by atoms with E-state index in [-0.39, 0.29) is 24.0 Å². The molecule has 1 aromatic heterocycles. The number of likely N-dealkylation sites (tertiary alicyclic amines) is 2. The minimum absolute atomic E-state index is 0. The smallest absolute Gasteiger partial charge is 0.208 e. The minimum atomic E-state index is 0. The van der Waals surface area contributed by atoms with E-state index in [1.165, 1.54) is 70.9 Å². The van der Waals surface area contributed by atoms with Crippen molar-refractivity contribution in [1.82, 2.24) is 25.4 Å². The van der Waals surface area contributed by atoms with E-state index in [2.05, 4.69) is 30.4 Å². The molecule has 1 saturated carbocycles. The van der Waals surface area contributed by atoms with Gasteiger partial charge < -0.3 is 20.0 Å². The summed E-state index contributed by atoms with van der Waals surface area (Å²) in [5, 5.41) is 7.31. The van der Waals surface area contributed by atoms with Gasteiger partial charge in [0.25, 0.3) is 0 Å². The molecule has 188 valence electrons. The van der Waals surface area contributed by atoms with Crippen molar-refractivity contribution >= 4 is 29.9 Å². The fourth-order valence-electron chi connectivity index (χ4n) is 5.63. The van der Waals surface area contributed by atoms with Gasteiger partial charge in [-0.15, -0.1) is 24.0 Å². The molecule has 0 radical (unpaired) electrons. The molecule has 0 spiro atoms. The highest BCUT2D eigenvalue weighted by Crippen LogP contribution is 2.25. The molecule has 0 bridgehead atoms. The molecular formula is C25H45IN6O. The maximum atomic E-state index is 5.76. The molecule has 3 aliphatic rings. The number of oxazole rings is 1. The first-order chi connectivity index (χ1) is 15.6. The van der Waals surface area contributed by atoms with Crippen LogP contribution in [0.1, 0.15) is 75.1 Å². The third-order valence-electron chi connectivity index (χ3n) is 7.88. The molecule has 2 saturated heterocycles. The molecule has 2 aliphatic heterocycles. The van der Waals surface area contributed by atoms with E-state index in [0.29, 0.717) is 12.0 Å². The van der Waals surface area contributed by atoms with Crippen molar-refractivity contribution in [2.24, 2.45) is 10.9 Å². The Hall–Kier alpha value is -0.870. The van der Waals surface area contributed by atoms with Crippen LogP contribution in [0.2, 0.25) is 0 Å². The number of hydrogen-bond donors (Lipinski definition) is 2. The van der Waals surface area contributed by atoms with E-state index < -0.39 is 0 Å². The van der Waals surface area contributed by atoms with E-state index in [9.17, 15) is 0 Å². The van der Waals surface area contributed by atoms with Gasteiger partial charge in [0, 0.05) is 38.8 Å². The highest BCUT2D eigenvalue weighted by molar-refractivity contribution is 14.0. The van der Waals surface area contributed by atoms with Gasteiger partial charge in [0.05, 0.1) is 12.2 Å². The van der Waals surface area contributed by atoms with Gasteiger partial charge in [0.15, 0.2) is 5.96 Å². The molecule has 1 aromatic rings. The quantitative estimate of drug-likeness (QED) is 0.304. The number of rotatable bonds is 6. The van der Waals surface area contributed by atoms with Gasteiger partial charge in [-0.05, 0) is 71.4 Å². The van der Waals surface area contributed by atoms with Crippen LogP contribution < -0.4 is 10.6 Å². The van der Waals surface area contributed by atoms with Crippen molar-refractivity contribution in [2.75, 3.05) is 39.8 Å². The largest absolute Gasteiger partial charge is 0.444 e. The van der Waals surface area contributed by atoms with Crippen molar-refractivity contribution in [1.29, 1.82) is 0 Å². The van der Waals surface area contributed by atoms with Gasteiger partial charge in [-0.1, -0.05) is 19.3 Å². The van der Waals surface area contributed by atoms with Crippen LogP contribution in [0.25, 0.3) is 0 Å². The number of hydrogen-bond acceptors (Lipinski definition) is 5. The van der Waals surface area contributed by atoms with Crippen LogP contribution in [0.4, 0.5) is 0 Å². The highest BCUT2D eigenvalue weighted by atomic mass is 127. The number of guanidine groups is 1. The van der Waals surface area contributed by atoms with E-state index in [1.807, 2.05) is 20.9 Å². The summed E-state index contributed by atoms with van der Waals surface area (Å²) in [6.07, 6.45) is 12.0. The number of nitrogens with one attached hydrogen (secondary N) is 2. The second-order valence-electron chi connectivity index (χ2n) is 10.2. The number of aryl methyl sites for hydroxylation is 2. The van der Waals surface area contributed by atoms with E-state index in [1.54, 1.807) is 0 Å². The van der Waals surface area contributed by atoms with Crippen LogP contribution in [0, 0.1) is 19.8 Å². The van der Waals surface area contributed by atoms with Gasteiger partial charge in [-0.2, -0.15) is 0 Å². The topological polar surface area (TPSA) is 68.9 Å². The van der Waals surface area contributed by atoms with Crippen LogP contribution in [0.3, 0.4) is 0 Å². The standard InChI is InChI=1S/C25H44N6O.HI/c1-19-20(2)32-24(28-19)18-30-13-9-21(10-14-30)17-27-25(26-3)29-22-11-15-31(16-12-22)23-7-5-4-6-8-23;/h21-23H,4-18H2,1-3H3,(H2,26,27,29);1H. The Morgan fingerprint density at radius 1 is 1.00 bits per heavy atom. The average Bonchev–Trinajstić information content (AvgIpc) is 3.15. The van der Waals surface area contributed by atoms with Crippen LogP contribution in [-0.2, 0) is 6.54 Å². The Labute approximate surface area is 217 Å². The number of halogens is 1. The van der Waals surface area contributed by atoms with Gasteiger partial charge in [0.2, 0.25) is 5.89 Å². The third-order valence-corrected chi connectivity index (χ3v) is 7.88. The normalized spacial score (nSPS) is 22.8. The van der Waals surface area contributed by atoms with Gasteiger partial charge in [-0.25, -0.2) is 4.98 Å². The Kier molecular flexibility index (Phi) is 10.8. The number of aliphatic imine (C=N–C) groups is 1. The first-order valence-corrected chi connectivity index (χ1v) is 13.0. The lowest BCUT2D eigenvalue weighted by Gasteiger charge is -2.39. The molecule has 0 unspecified atom stereocenters. The van der Waals surface area contributed by atoms with Gasteiger partial charge in [0.1, 0.15) is 5.76 Å². The summed E-state index contributed by atoms with van der Waals surface area (Å²) in [5.41, 5.74) is 1.01. The lowest BCUT2D eigenvalue weighted by molar-refractivity contribution is 0.119. The Bertz CT molecular complexity index is 712. The molecule has 0 amide bonds. The van der Waals surface area contributed by atoms with Crippen LogP contribution in [-0.4, -0.2) is 72.6 Å². The van der Waals surface area contributed by atoms with Crippen molar-refractivity contribution in [3.63, 3.8) is 0 Å². The Morgan fingerprint density at radius 2 is 1.70 bits per heavy atom. The van der Waals surface area contributed by atoms with Crippen molar-refractivity contribution in [3.8, 4) is 0 Å². The Balaban J connectivity index is 0.00000306. The predicted octanol–water partition coefficient (Wildman–Crippen LogP) is 4.08. The maximum Gasteiger partial charge on any atom is 0.208 e. The second kappa shape index (κ2) is 13.3. The van der Waals surface area contributed by atoms with Crippen LogP contribution in [0.5, 0.6) is 0 Å². The maximum absolute atomic E-state index is 5.76. The zero-order valence-corrected chi connectivity index (χ0v) is 23.3. The first-order valence-electron chi connectivity index (χ1n) is 13.0. The van der Waals surface area contributed by atoms with Crippen LogP contribution in [0.15, 0.2) is 9.41 Å². The molecule has 2 N–H and O–H groups in total. The monoisotopic (exact) mass is 572 g/mol. The zero-order valence-electron chi connectivity index (χ0n) is 20.9. The first kappa shape index (κ1) is 26.7. The van der Waals surface area contributed by atoms with Gasteiger partial charge >= 0.3 is 0 Å². The van der Waals surface area contributed by atoms with Crippen LogP contribution >= 0.6 is 24.0 Å². The van der Waals surface area contributed by atoms with E-state index >= 15 is 0 Å². The number of aromatic nitrogens is 1. The Morgan fingerprint density at radius 3 is 2.30 bits per heavy atom. The van der Waals surface area contributed by atoms with E-state index in [0.717, 1.165) is 55.5 Å². The lowest BCUT2D eigenvalue weighted by Crippen LogP contribution is -2.51. The molecule has 4 rings (SSSR count). The third kappa shape index (κ3) is 7.82. The number of nitrogens with zero attached hydrogens (tertiary/aromatic N) is 4. The zero-order chi connectivity index (χ0) is 22.3. The SMILES string of the molecule is CN=C(NCC1CCN(Cc2nc(C)c(C)o2)CC1)NC1CCN(C2CCCCC2)CC1.I. The second-order valence-corrected chi connectivity index (χ2v) is 10.2. The molecule has 1 aliphatic carbocycles. The van der Waals surface area contributed by atoms with Gasteiger partial charge in [-0.3, -0.25) is 9.89 Å².